The summed E-state index contributed by atoms with van der Waals surface area (Å²) in [6.07, 6.45) is 4.12. The predicted molar refractivity (Wildman–Crippen MR) is 61.3 cm³/mol. The number of aliphatic hydroxyl groups is 1. The van der Waals surface area contributed by atoms with Gasteiger partial charge in [0.25, 0.3) is 0 Å². The van der Waals surface area contributed by atoms with Gasteiger partial charge in [-0.15, -0.1) is 0 Å². The molecule has 15 heavy (non-hydrogen) atoms. The maximum Gasteiger partial charge on any atom is 0.0832 e. The first-order valence-corrected chi connectivity index (χ1v) is 5.77. The zero-order valence-corrected chi connectivity index (χ0v) is 8.97. The van der Waals surface area contributed by atoms with E-state index in [4.69, 9.17) is 5.73 Å². The Morgan fingerprint density at radius 2 is 1.80 bits per heavy atom. The van der Waals surface area contributed by atoms with Gasteiger partial charge in [-0.1, -0.05) is 43.2 Å². The largest absolute Gasteiger partial charge is 0.388 e. The Bertz CT molecular complexity index is 299. The molecule has 2 nitrogen and oxygen atoms in total. The van der Waals surface area contributed by atoms with Gasteiger partial charge in [0, 0.05) is 12.0 Å². The molecule has 0 unspecified atom stereocenters. The summed E-state index contributed by atoms with van der Waals surface area (Å²) in [7, 11) is 0. The lowest BCUT2D eigenvalue weighted by Crippen LogP contribution is -2.36. The van der Waals surface area contributed by atoms with Crippen LogP contribution in [-0.2, 0) is 0 Å². The molecule has 0 heterocycles. The van der Waals surface area contributed by atoms with Crippen molar-refractivity contribution < 1.29 is 5.11 Å². The van der Waals surface area contributed by atoms with E-state index >= 15 is 0 Å². The topological polar surface area (TPSA) is 46.2 Å². The summed E-state index contributed by atoms with van der Waals surface area (Å²) < 4.78 is 0. The van der Waals surface area contributed by atoms with Crippen LogP contribution in [0.4, 0.5) is 0 Å². The van der Waals surface area contributed by atoms with Crippen molar-refractivity contribution in [2.45, 2.75) is 37.8 Å². The van der Waals surface area contributed by atoms with Crippen molar-refractivity contribution in [2.75, 3.05) is 0 Å². The molecule has 1 aliphatic carbocycles. The Kier molecular flexibility index (Phi) is 3.39. The molecule has 1 saturated carbocycles. The highest BCUT2D eigenvalue weighted by Crippen LogP contribution is 2.33. The molecule has 3 N–H and O–H groups in total. The Morgan fingerprint density at radius 1 is 1.13 bits per heavy atom. The highest BCUT2D eigenvalue weighted by Gasteiger charge is 2.28. The van der Waals surface area contributed by atoms with E-state index in [0.717, 1.165) is 18.4 Å². The Balaban J connectivity index is 2.09. The van der Waals surface area contributed by atoms with E-state index in [9.17, 15) is 5.11 Å². The Labute approximate surface area is 91.1 Å². The van der Waals surface area contributed by atoms with E-state index in [2.05, 4.69) is 0 Å². The third-order valence-electron chi connectivity index (χ3n) is 3.42. The van der Waals surface area contributed by atoms with Crippen LogP contribution in [0.3, 0.4) is 0 Å². The van der Waals surface area contributed by atoms with Crippen LogP contribution in [0.1, 0.15) is 37.4 Å². The quantitative estimate of drug-likeness (QED) is 0.777. The molecule has 3 atom stereocenters. The minimum Gasteiger partial charge on any atom is -0.388 e. The van der Waals surface area contributed by atoms with Crippen molar-refractivity contribution in [1.82, 2.24) is 0 Å². The van der Waals surface area contributed by atoms with Crippen LogP contribution in [0.2, 0.25) is 0 Å². The average Bonchev–Trinajstić information content (AvgIpc) is 2.30. The van der Waals surface area contributed by atoms with Crippen molar-refractivity contribution >= 4 is 0 Å². The van der Waals surface area contributed by atoms with Crippen LogP contribution in [0.15, 0.2) is 30.3 Å². The highest BCUT2D eigenvalue weighted by molar-refractivity contribution is 5.18. The van der Waals surface area contributed by atoms with Gasteiger partial charge in [-0.25, -0.2) is 0 Å². The molecule has 0 bridgehead atoms. The van der Waals surface area contributed by atoms with Crippen molar-refractivity contribution in [3.05, 3.63) is 35.9 Å². The van der Waals surface area contributed by atoms with Gasteiger partial charge in [-0.2, -0.15) is 0 Å². The lowest BCUT2D eigenvalue weighted by Gasteiger charge is -2.32. The predicted octanol–water partition coefficient (Wildman–Crippen LogP) is 2.24. The molecule has 0 amide bonds. The summed E-state index contributed by atoms with van der Waals surface area (Å²) >= 11 is 0. The molecule has 2 heteroatoms. The number of hydrogen-bond acceptors (Lipinski definition) is 2. The summed E-state index contributed by atoms with van der Waals surface area (Å²) in [5, 5.41) is 10.2. The summed E-state index contributed by atoms with van der Waals surface area (Å²) in [4.78, 5) is 0. The van der Waals surface area contributed by atoms with Crippen molar-refractivity contribution in [2.24, 2.45) is 11.7 Å². The molecule has 1 aromatic rings. The Morgan fingerprint density at radius 3 is 2.47 bits per heavy atom. The van der Waals surface area contributed by atoms with Gasteiger partial charge in [-0.3, -0.25) is 0 Å². The molecule has 0 radical (unpaired) electrons. The fraction of sp³-hybridized carbons (Fsp3) is 0.538. The normalized spacial score (nSPS) is 28.7. The maximum atomic E-state index is 10.2. The number of aliphatic hydroxyl groups excluding tert-OH is 1. The number of nitrogens with two attached hydrogens (primary N) is 1. The van der Waals surface area contributed by atoms with Crippen LogP contribution < -0.4 is 5.73 Å². The van der Waals surface area contributed by atoms with Gasteiger partial charge >= 0.3 is 0 Å². The minimum absolute atomic E-state index is 0.161. The summed E-state index contributed by atoms with van der Waals surface area (Å²) in [6.45, 7) is 0. The van der Waals surface area contributed by atoms with Crippen LogP contribution in [0.25, 0.3) is 0 Å². The average molecular weight is 205 g/mol. The molecule has 1 aliphatic rings. The molecule has 0 aromatic heterocycles. The highest BCUT2D eigenvalue weighted by atomic mass is 16.3. The van der Waals surface area contributed by atoms with Gasteiger partial charge in [0.15, 0.2) is 0 Å². The van der Waals surface area contributed by atoms with Gasteiger partial charge in [0.1, 0.15) is 0 Å². The fourth-order valence-electron chi connectivity index (χ4n) is 2.48. The van der Waals surface area contributed by atoms with Crippen molar-refractivity contribution in [3.63, 3.8) is 0 Å². The number of rotatable bonds is 2. The van der Waals surface area contributed by atoms with Crippen LogP contribution in [0.5, 0.6) is 0 Å². The molecule has 82 valence electrons. The van der Waals surface area contributed by atoms with E-state index in [-0.39, 0.29) is 18.1 Å². The smallest absolute Gasteiger partial charge is 0.0832 e. The molecule has 2 rings (SSSR count). The summed E-state index contributed by atoms with van der Waals surface area (Å²) in [6, 6.07) is 10.0. The first-order chi connectivity index (χ1) is 7.29. The standard InChI is InChI=1S/C13H19NO/c14-12-9-5-4-8-11(12)13(15)10-6-2-1-3-7-10/h1-3,6-7,11-13,15H,4-5,8-9,14H2/t11-,12-,13-/m1/s1. The monoisotopic (exact) mass is 205 g/mol. The Hall–Kier alpha value is -0.860. The van der Waals surface area contributed by atoms with Crippen molar-refractivity contribution in [1.29, 1.82) is 0 Å². The first-order valence-electron chi connectivity index (χ1n) is 5.77. The third-order valence-corrected chi connectivity index (χ3v) is 3.42. The van der Waals surface area contributed by atoms with E-state index in [0.29, 0.717) is 0 Å². The lowest BCUT2D eigenvalue weighted by atomic mass is 9.79. The molecule has 0 spiro atoms. The van der Waals surface area contributed by atoms with Gasteiger partial charge in [0.05, 0.1) is 6.10 Å². The van der Waals surface area contributed by atoms with Crippen LogP contribution >= 0.6 is 0 Å². The van der Waals surface area contributed by atoms with E-state index < -0.39 is 0 Å². The second kappa shape index (κ2) is 4.77. The third kappa shape index (κ3) is 2.39. The van der Waals surface area contributed by atoms with Crippen molar-refractivity contribution in [3.8, 4) is 0 Å². The molecule has 1 aromatic carbocycles. The molecule has 0 aliphatic heterocycles. The minimum atomic E-state index is -0.388. The zero-order valence-electron chi connectivity index (χ0n) is 8.97. The fourth-order valence-corrected chi connectivity index (χ4v) is 2.48. The number of benzene rings is 1. The summed E-state index contributed by atoms with van der Waals surface area (Å²) in [5.74, 6) is 0.237. The summed E-state index contributed by atoms with van der Waals surface area (Å²) in [5.41, 5.74) is 7.06. The second-order valence-electron chi connectivity index (χ2n) is 4.47. The molecular formula is C13H19NO. The molecule has 1 fully saturated rings. The van der Waals surface area contributed by atoms with E-state index in [1.165, 1.54) is 12.8 Å². The number of hydrogen-bond donors (Lipinski definition) is 2. The van der Waals surface area contributed by atoms with Gasteiger partial charge in [-0.05, 0) is 18.4 Å². The maximum absolute atomic E-state index is 10.2. The van der Waals surface area contributed by atoms with E-state index in [1.54, 1.807) is 0 Å². The first kappa shape index (κ1) is 10.7. The SMILES string of the molecule is N[C@@H]1CCCC[C@H]1[C@H](O)c1ccccc1. The van der Waals surface area contributed by atoms with Gasteiger partial charge in [0.2, 0.25) is 0 Å². The van der Waals surface area contributed by atoms with E-state index in [1.807, 2.05) is 30.3 Å². The molecular weight excluding hydrogens is 186 g/mol. The van der Waals surface area contributed by atoms with Crippen LogP contribution in [0, 0.1) is 5.92 Å². The lowest BCUT2D eigenvalue weighted by molar-refractivity contribution is 0.0722. The zero-order chi connectivity index (χ0) is 10.7. The second-order valence-corrected chi connectivity index (χ2v) is 4.47. The van der Waals surface area contributed by atoms with Gasteiger partial charge < -0.3 is 10.8 Å². The molecule has 0 saturated heterocycles. The van der Waals surface area contributed by atoms with Crippen LogP contribution in [-0.4, -0.2) is 11.1 Å².